The van der Waals surface area contributed by atoms with Crippen LogP contribution in [-0.4, -0.2) is 24.1 Å². The molecule has 2 N–H and O–H groups in total. The van der Waals surface area contributed by atoms with Gasteiger partial charge >= 0.3 is 0 Å². The minimum Gasteiger partial charge on any atom is -0.372 e. The molecule has 0 atom stereocenters. The normalized spacial score (nSPS) is 16.4. The summed E-state index contributed by atoms with van der Waals surface area (Å²) in [7, 11) is 0. The molecule has 4 nitrogen and oxygen atoms in total. The molecular weight excluding hydrogens is 258 g/mol. The van der Waals surface area contributed by atoms with Crippen molar-refractivity contribution < 1.29 is 4.79 Å². The van der Waals surface area contributed by atoms with E-state index in [4.69, 9.17) is 12.2 Å². The molecule has 0 unspecified atom stereocenters. The van der Waals surface area contributed by atoms with E-state index in [9.17, 15) is 4.79 Å². The Morgan fingerprint density at radius 2 is 1.79 bits per heavy atom. The smallest absolute Gasteiger partial charge is 0.273 e. The molecule has 0 aliphatic carbocycles. The van der Waals surface area contributed by atoms with Gasteiger partial charge in [0.15, 0.2) is 5.11 Å². The summed E-state index contributed by atoms with van der Waals surface area (Å²) in [4.78, 5) is 13.8. The summed E-state index contributed by atoms with van der Waals surface area (Å²) in [5.41, 5.74) is 2.64. The maximum Gasteiger partial charge on any atom is 0.273 e. The van der Waals surface area contributed by atoms with Gasteiger partial charge in [0.25, 0.3) is 5.91 Å². The van der Waals surface area contributed by atoms with Crippen molar-refractivity contribution in [3.8, 4) is 0 Å². The Balaban J connectivity index is 2.17. The third kappa shape index (κ3) is 3.12. The van der Waals surface area contributed by atoms with E-state index in [1.54, 1.807) is 6.08 Å². The lowest BCUT2D eigenvalue weighted by Gasteiger charge is -2.20. The van der Waals surface area contributed by atoms with Crippen molar-refractivity contribution in [1.29, 1.82) is 0 Å². The number of carbonyl (C=O) groups excluding carboxylic acids is 1. The van der Waals surface area contributed by atoms with Crippen molar-refractivity contribution in [1.82, 2.24) is 10.6 Å². The molecule has 1 aliphatic heterocycles. The summed E-state index contributed by atoms with van der Waals surface area (Å²) in [6.07, 6.45) is 1.79. The van der Waals surface area contributed by atoms with E-state index >= 15 is 0 Å². The third-order valence-corrected chi connectivity index (χ3v) is 3.26. The minimum atomic E-state index is -0.183. The number of thiocarbonyl (C=S) groups is 1. The fourth-order valence-electron chi connectivity index (χ4n) is 2.02. The second-order valence-electron chi connectivity index (χ2n) is 4.23. The van der Waals surface area contributed by atoms with Crippen LogP contribution in [0.1, 0.15) is 19.4 Å². The second kappa shape index (κ2) is 5.84. The van der Waals surface area contributed by atoms with E-state index in [1.165, 1.54) is 5.69 Å². The first-order valence-electron chi connectivity index (χ1n) is 6.33. The molecule has 1 saturated heterocycles. The van der Waals surface area contributed by atoms with E-state index < -0.39 is 0 Å². The highest BCUT2D eigenvalue weighted by atomic mass is 32.1. The summed E-state index contributed by atoms with van der Waals surface area (Å²) in [5.74, 6) is -0.183. The zero-order chi connectivity index (χ0) is 13.8. The summed E-state index contributed by atoms with van der Waals surface area (Å²) in [6, 6.07) is 8.11. The standard InChI is InChI=1S/C14H17N3OS/c1-3-17(4-2)11-7-5-10(6-8-11)9-12-13(18)16-14(19)15-12/h5-9H,3-4H2,1-2H3,(H2,15,16,18,19)/b12-9+. The van der Waals surface area contributed by atoms with Gasteiger partial charge in [-0.2, -0.15) is 0 Å². The Labute approximate surface area is 118 Å². The van der Waals surface area contributed by atoms with E-state index in [2.05, 4.69) is 41.5 Å². The van der Waals surface area contributed by atoms with Gasteiger partial charge in [0.1, 0.15) is 5.70 Å². The van der Waals surface area contributed by atoms with Gasteiger partial charge in [-0.15, -0.1) is 0 Å². The highest BCUT2D eigenvalue weighted by Gasteiger charge is 2.19. The lowest BCUT2D eigenvalue weighted by Crippen LogP contribution is -2.21. The topological polar surface area (TPSA) is 44.4 Å². The molecule has 0 saturated carbocycles. The largest absolute Gasteiger partial charge is 0.372 e. The average molecular weight is 275 g/mol. The molecule has 1 fully saturated rings. The van der Waals surface area contributed by atoms with Crippen LogP contribution in [0.2, 0.25) is 0 Å². The Bertz CT molecular complexity index is 518. The molecule has 0 bridgehead atoms. The molecule has 19 heavy (non-hydrogen) atoms. The molecule has 5 heteroatoms. The highest BCUT2D eigenvalue weighted by Crippen LogP contribution is 2.16. The molecule has 1 aromatic rings. The second-order valence-corrected chi connectivity index (χ2v) is 4.64. The summed E-state index contributed by atoms with van der Waals surface area (Å²) >= 11 is 4.89. The van der Waals surface area contributed by atoms with Crippen LogP contribution in [0, 0.1) is 0 Å². The molecule has 1 aliphatic rings. The lowest BCUT2D eigenvalue weighted by atomic mass is 10.1. The number of hydrogen-bond acceptors (Lipinski definition) is 3. The number of hydrogen-bond donors (Lipinski definition) is 2. The number of rotatable bonds is 4. The Morgan fingerprint density at radius 1 is 1.16 bits per heavy atom. The first-order chi connectivity index (χ1) is 9.13. The van der Waals surface area contributed by atoms with Crippen LogP contribution in [0.4, 0.5) is 5.69 Å². The molecule has 1 amide bonds. The molecular formula is C14H17N3OS. The number of nitrogens with zero attached hydrogens (tertiary/aromatic N) is 1. The van der Waals surface area contributed by atoms with Crippen molar-refractivity contribution in [2.75, 3.05) is 18.0 Å². The van der Waals surface area contributed by atoms with Crippen molar-refractivity contribution in [2.24, 2.45) is 0 Å². The molecule has 0 radical (unpaired) electrons. The van der Waals surface area contributed by atoms with Gasteiger partial charge in [0.05, 0.1) is 0 Å². The monoisotopic (exact) mass is 275 g/mol. The number of amides is 1. The zero-order valence-electron chi connectivity index (χ0n) is 11.1. The SMILES string of the molecule is CCN(CC)c1ccc(/C=C2/NC(=S)NC2=O)cc1. The van der Waals surface area contributed by atoms with E-state index in [-0.39, 0.29) is 5.91 Å². The number of anilines is 1. The first-order valence-corrected chi connectivity index (χ1v) is 6.74. The molecule has 0 spiro atoms. The quantitative estimate of drug-likeness (QED) is 0.650. The lowest BCUT2D eigenvalue weighted by molar-refractivity contribution is -0.115. The van der Waals surface area contributed by atoms with Gasteiger partial charge in [0, 0.05) is 18.8 Å². The fraction of sp³-hybridized carbons (Fsp3) is 0.286. The van der Waals surface area contributed by atoms with Gasteiger partial charge in [-0.05, 0) is 49.8 Å². The highest BCUT2D eigenvalue weighted by molar-refractivity contribution is 7.80. The van der Waals surface area contributed by atoms with Crippen LogP contribution in [0.5, 0.6) is 0 Å². The van der Waals surface area contributed by atoms with E-state index in [0.717, 1.165) is 18.7 Å². The Kier molecular flexibility index (Phi) is 4.16. The molecule has 1 aromatic carbocycles. The number of benzene rings is 1. The summed E-state index contributed by atoms with van der Waals surface area (Å²) in [6.45, 7) is 6.23. The van der Waals surface area contributed by atoms with Crippen LogP contribution in [-0.2, 0) is 4.79 Å². The molecule has 0 aromatic heterocycles. The van der Waals surface area contributed by atoms with Gasteiger partial charge < -0.3 is 10.2 Å². The predicted molar refractivity (Wildman–Crippen MR) is 81.9 cm³/mol. The predicted octanol–water partition coefficient (Wildman–Crippen LogP) is 1.88. The van der Waals surface area contributed by atoms with Gasteiger partial charge in [-0.1, -0.05) is 12.1 Å². The van der Waals surface area contributed by atoms with Crippen molar-refractivity contribution >= 4 is 35.0 Å². The van der Waals surface area contributed by atoms with Gasteiger partial charge in [-0.3, -0.25) is 10.1 Å². The van der Waals surface area contributed by atoms with Crippen LogP contribution < -0.4 is 15.5 Å². The van der Waals surface area contributed by atoms with Crippen LogP contribution in [0.15, 0.2) is 30.0 Å². The van der Waals surface area contributed by atoms with Crippen LogP contribution in [0.25, 0.3) is 6.08 Å². The maximum atomic E-state index is 11.5. The Morgan fingerprint density at radius 3 is 2.26 bits per heavy atom. The fourth-order valence-corrected chi connectivity index (χ4v) is 2.22. The summed E-state index contributed by atoms with van der Waals surface area (Å²) in [5, 5.41) is 5.73. The van der Waals surface area contributed by atoms with E-state index in [0.29, 0.717) is 10.8 Å². The van der Waals surface area contributed by atoms with Crippen molar-refractivity contribution in [3.63, 3.8) is 0 Å². The van der Waals surface area contributed by atoms with Crippen molar-refractivity contribution in [3.05, 3.63) is 35.5 Å². The maximum absolute atomic E-state index is 11.5. The van der Waals surface area contributed by atoms with Crippen molar-refractivity contribution in [2.45, 2.75) is 13.8 Å². The van der Waals surface area contributed by atoms with Gasteiger partial charge in [-0.25, -0.2) is 0 Å². The number of carbonyl (C=O) groups is 1. The molecule has 1 heterocycles. The first kappa shape index (κ1) is 13.5. The van der Waals surface area contributed by atoms with Crippen LogP contribution >= 0.6 is 12.2 Å². The average Bonchev–Trinajstić information content (AvgIpc) is 2.71. The zero-order valence-corrected chi connectivity index (χ0v) is 11.9. The number of nitrogens with one attached hydrogen (secondary N) is 2. The third-order valence-electron chi connectivity index (χ3n) is 3.05. The van der Waals surface area contributed by atoms with Crippen LogP contribution in [0.3, 0.4) is 0 Å². The molecule has 2 rings (SSSR count). The Hall–Kier alpha value is -1.88. The van der Waals surface area contributed by atoms with Gasteiger partial charge in [0.2, 0.25) is 0 Å². The molecule has 100 valence electrons. The minimum absolute atomic E-state index is 0.183. The summed E-state index contributed by atoms with van der Waals surface area (Å²) < 4.78 is 0. The van der Waals surface area contributed by atoms with E-state index in [1.807, 2.05) is 12.1 Å².